The lowest BCUT2D eigenvalue weighted by atomic mass is 10.1. The molecule has 0 aliphatic heterocycles. The molecule has 0 aliphatic rings. The van der Waals surface area contributed by atoms with Crippen LogP contribution in [0, 0.1) is 0 Å². The number of nitrogens with one attached hydrogen (secondary N) is 3. The molecule has 0 bridgehead atoms. The van der Waals surface area contributed by atoms with Gasteiger partial charge in [0.1, 0.15) is 11.5 Å². The Hall–Kier alpha value is -4.86. The summed E-state index contributed by atoms with van der Waals surface area (Å²) in [5.41, 5.74) is 6.55. The van der Waals surface area contributed by atoms with Gasteiger partial charge in [-0.3, -0.25) is 19.2 Å². The van der Waals surface area contributed by atoms with Crippen molar-refractivity contribution in [3.8, 4) is 11.5 Å². The Balaban J connectivity index is 1.55. The molecule has 0 saturated heterocycles. The highest BCUT2D eigenvalue weighted by molar-refractivity contribution is 6.09. The van der Waals surface area contributed by atoms with Gasteiger partial charge in [-0.1, -0.05) is 18.2 Å². The first-order chi connectivity index (χ1) is 17.4. The summed E-state index contributed by atoms with van der Waals surface area (Å²) in [6.07, 6.45) is 0.0113. The molecule has 0 aromatic heterocycles. The molecule has 3 rings (SSSR count). The lowest BCUT2D eigenvalue weighted by molar-refractivity contribution is -0.118. The number of nitrogens with two attached hydrogens (primary N) is 1. The van der Waals surface area contributed by atoms with Crippen LogP contribution in [0.15, 0.2) is 72.8 Å². The number of carbonyl (C=O) groups excluding carboxylic acids is 4. The quantitative estimate of drug-likeness (QED) is 0.325. The van der Waals surface area contributed by atoms with Crippen LogP contribution in [-0.4, -0.2) is 43.9 Å². The Kier molecular flexibility index (Phi) is 8.99. The third-order valence-corrected chi connectivity index (χ3v) is 4.92. The predicted octanol–water partition coefficient (Wildman–Crippen LogP) is 2.57. The smallest absolute Gasteiger partial charge is 0.262 e. The molecule has 186 valence electrons. The second kappa shape index (κ2) is 12.6. The van der Waals surface area contributed by atoms with E-state index >= 15 is 0 Å². The summed E-state index contributed by atoms with van der Waals surface area (Å²) < 4.78 is 10.6. The number of hydrogen-bond acceptors (Lipinski definition) is 6. The van der Waals surface area contributed by atoms with Gasteiger partial charge in [-0.2, -0.15) is 0 Å². The maximum absolute atomic E-state index is 12.7. The second-order valence-corrected chi connectivity index (χ2v) is 7.57. The van der Waals surface area contributed by atoms with Crippen LogP contribution in [0.2, 0.25) is 0 Å². The fourth-order valence-electron chi connectivity index (χ4n) is 3.13. The fraction of sp³-hybridized carbons (Fsp3) is 0.154. The van der Waals surface area contributed by atoms with Crippen molar-refractivity contribution in [2.45, 2.75) is 6.42 Å². The highest BCUT2D eigenvalue weighted by Gasteiger charge is 2.14. The van der Waals surface area contributed by atoms with E-state index in [0.717, 1.165) is 0 Å². The third-order valence-electron chi connectivity index (χ3n) is 4.92. The largest absolute Gasteiger partial charge is 0.497 e. The van der Waals surface area contributed by atoms with Crippen LogP contribution in [0.4, 0.5) is 11.4 Å². The van der Waals surface area contributed by atoms with Crippen molar-refractivity contribution in [2.24, 2.45) is 5.73 Å². The number of para-hydroxylation sites is 1. The van der Waals surface area contributed by atoms with Gasteiger partial charge in [-0.15, -0.1) is 0 Å². The van der Waals surface area contributed by atoms with Crippen LogP contribution in [-0.2, 0) is 9.59 Å². The molecular weight excluding hydrogens is 464 g/mol. The number of primary amides is 1. The minimum absolute atomic E-state index is 0.0113. The maximum atomic E-state index is 12.7. The topological polar surface area (TPSA) is 149 Å². The highest BCUT2D eigenvalue weighted by Crippen LogP contribution is 2.19. The molecule has 0 fully saturated rings. The van der Waals surface area contributed by atoms with Crippen LogP contribution >= 0.6 is 0 Å². The molecular formula is C26H26N4O6. The molecule has 0 saturated carbocycles. The first-order valence-corrected chi connectivity index (χ1v) is 11.0. The van der Waals surface area contributed by atoms with Crippen molar-refractivity contribution < 1.29 is 28.7 Å². The van der Waals surface area contributed by atoms with E-state index in [2.05, 4.69) is 16.0 Å². The second-order valence-electron chi connectivity index (χ2n) is 7.57. The van der Waals surface area contributed by atoms with E-state index < -0.39 is 17.7 Å². The van der Waals surface area contributed by atoms with Gasteiger partial charge in [0.25, 0.3) is 17.7 Å². The molecule has 10 nitrogen and oxygen atoms in total. The lowest BCUT2D eigenvalue weighted by Crippen LogP contribution is -2.28. The standard InChI is InChI=1S/C26H26N4O6/c1-35-20-6-4-5-18(15-20)29-24(32)16-36-19-11-9-17(10-12-19)25(33)30-22-8-3-2-7-21(22)26(34)28-14-13-23(27)31/h2-12,15H,13-14,16H2,1H3,(H2,27,31)(H,28,34)(H,29,32)(H,30,33). The van der Waals surface area contributed by atoms with Crippen molar-refractivity contribution in [3.05, 3.63) is 83.9 Å². The highest BCUT2D eigenvalue weighted by atomic mass is 16.5. The van der Waals surface area contributed by atoms with E-state index in [-0.39, 0.29) is 31.0 Å². The average molecular weight is 491 g/mol. The molecule has 0 radical (unpaired) electrons. The molecule has 0 atom stereocenters. The summed E-state index contributed by atoms with van der Waals surface area (Å²) in [5.74, 6) is -0.731. The van der Waals surface area contributed by atoms with Crippen LogP contribution in [0.3, 0.4) is 0 Å². The average Bonchev–Trinajstić information content (AvgIpc) is 2.88. The van der Waals surface area contributed by atoms with E-state index in [9.17, 15) is 19.2 Å². The minimum Gasteiger partial charge on any atom is -0.497 e. The summed E-state index contributed by atoms with van der Waals surface area (Å²) >= 11 is 0. The van der Waals surface area contributed by atoms with Gasteiger partial charge in [-0.05, 0) is 48.5 Å². The zero-order valence-electron chi connectivity index (χ0n) is 19.6. The zero-order valence-corrected chi connectivity index (χ0v) is 19.6. The van der Waals surface area contributed by atoms with Crippen molar-refractivity contribution in [2.75, 3.05) is 30.9 Å². The van der Waals surface area contributed by atoms with E-state index in [1.54, 1.807) is 79.9 Å². The Morgan fingerprint density at radius 2 is 1.58 bits per heavy atom. The molecule has 0 spiro atoms. The van der Waals surface area contributed by atoms with Gasteiger partial charge in [0, 0.05) is 30.3 Å². The van der Waals surface area contributed by atoms with Crippen molar-refractivity contribution in [1.29, 1.82) is 0 Å². The van der Waals surface area contributed by atoms with Gasteiger partial charge in [-0.25, -0.2) is 0 Å². The van der Waals surface area contributed by atoms with Gasteiger partial charge in [0.15, 0.2) is 6.61 Å². The minimum atomic E-state index is -0.526. The van der Waals surface area contributed by atoms with Crippen molar-refractivity contribution >= 4 is 35.0 Å². The summed E-state index contributed by atoms with van der Waals surface area (Å²) in [7, 11) is 1.54. The number of benzene rings is 3. The Morgan fingerprint density at radius 1 is 0.833 bits per heavy atom. The van der Waals surface area contributed by atoms with Crippen LogP contribution in [0.5, 0.6) is 11.5 Å². The van der Waals surface area contributed by atoms with Gasteiger partial charge < -0.3 is 31.2 Å². The number of methoxy groups -OCH3 is 1. The number of amides is 4. The number of rotatable bonds is 11. The van der Waals surface area contributed by atoms with Crippen LogP contribution in [0.25, 0.3) is 0 Å². The zero-order chi connectivity index (χ0) is 25.9. The monoisotopic (exact) mass is 490 g/mol. The molecule has 0 aliphatic carbocycles. The predicted molar refractivity (Wildman–Crippen MR) is 134 cm³/mol. The summed E-state index contributed by atoms with van der Waals surface area (Å²) in [6.45, 7) is -0.129. The molecule has 3 aromatic carbocycles. The summed E-state index contributed by atoms with van der Waals surface area (Å²) in [4.78, 5) is 48.1. The molecule has 3 aromatic rings. The molecule has 36 heavy (non-hydrogen) atoms. The Labute approximate surface area is 207 Å². The van der Waals surface area contributed by atoms with Gasteiger partial charge >= 0.3 is 0 Å². The number of hydrogen-bond donors (Lipinski definition) is 4. The molecule has 0 heterocycles. The number of carbonyl (C=O) groups is 4. The summed E-state index contributed by atoms with van der Waals surface area (Å²) in [6, 6.07) is 19.7. The number of ether oxygens (including phenoxy) is 2. The van der Waals surface area contributed by atoms with Crippen molar-refractivity contribution in [1.82, 2.24) is 5.32 Å². The van der Waals surface area contributed by atoms with Crippen molar-refractivity contribution in [3.63, 3.8) is 0 Å². The molecule has 10 heteroatoms. The first-order valence-electron chi connectivity index (χ1n) is 11.0. The van der Waals surface area contributed by atoms with E-state index in [1.807, 2.05) is 0 Å². The van der Waals surface area contributed by atoms with E-state index in [1.165, 1.54) is 0 Å². The van der Waals surface area contributed by atoms with Crippen LogP contribution < -0.4 is 31.2 Å². The van der Waals surface area contributed by atoms with Crippen LogP contribution in [0.1, 0.15) is 27.1 Å². The SMILES string of the molecule is COc1cccc(NC(=O)COc2ccc(C(=O)Nc3ccccc3C(=O)NCCC(N)=O)cc2)c1. The lowest BCUT2D eigenvalue weighted by Gasteiger charge is -2.12. The van der Waals surface area contributed by atoms with E-state index in [0.29, 0.717) is 28.4 Å². The molecule has 0 unspecified atom stereocenters. The fourth-order valence-corrected chi connectivity index (χ4v) is 3.13. The maximum Gasteiger partial charge on any atom is 0.262 e. The third kappa shape index (κ3) is 7.59. The summed E-state index contributed by atoms with van der Waals surface area (Å²) in [5, 5.41) is 8.01. The van der Waals surface area contributed by atoms with Gasteiger partial charge in [0.05, 0.1) is 18.4 Å². The normalized spacial score (nSPS) is 10.1. The molecule has 5 N–H and O–H groups in total. The van der Waals surface area contributed by atoms with Gasteiger partial charge in [0.2, 0.25) is 5.91 Å². The Bertz CT molecular complexity index is 1240. The number of anilines is 2. The first kappa shape index (κ1) is 25.8. The van der Waals surface area contributed by atoms with E-state index in [4.69, 9.17) is 15.2 Å². The molecule has 4 amide bonds. The Morgan fingerprint density at radius 3 is 2.31 bits per heavy atom.